The minimum Gasteiger partial charge on any atom is -0.480 e. The van der Waals surface area contributed by atoms with E-state index in [4.69, 9.17) is 9.15 Å². The maximum absolute atomic E-state index is 12.0. The quantitative estimate of drug-likeness (QED) is 0.811. The van der Waals surface area contributed by atoms with E-state index in [-0.39, 0.29) is 17.6 Å². The molecule has 6 heteroatoms. The van der Waals surface area contributed by atoms with Gasteiger partial charge in [-0.1, -0.05) is 18.2 Å². The highest BCUT2D eigenvalue weighted by Gasteiger charge is 2.28. The van der Waals surface area contributed by atoms with Crippen LogP contribution in [-0.4, -0.2) is 31.0 Å². The Hall–Kier alpha value is -2.76. The number of hydrogen-bond acceptors (Lipinski definition) is 4. The summed E-state index contributed by atoms with van der Waals surface area (Å²) in [6, 6.07) is 10.8. The SMILES string of the molecule is O=C(NCCNC(=O)[C@H]1Cc2ccccc2O1)c1ccco1. The van der Waals surface area contributed by atoms with Crippen molar-refractivity contribution in [1.82, 2.24) is 10.6 Å². The lowest BCUT2D eigenvalue weighted by atomic mass is 10.1. The van der Waals surface area contributed by atoms with Gasteiger partial charge >= 0.3 is 0 Å². The molecule has 2 amide bonds. The van der Waals surface area contributed by atoms with E-state index in [9.17, 15) is 9.59 Å². The predicted octanol–water partition coefficient (Wildman–Crippen LogP) is 1.13. The summed E-state index contributed by atoms with van der Waals surface area (Å²) in [6.07, 6.45) is 1.50. The first-order chi connectivity index (χ1) is 10.7. The number of benzene rings is 1. The molecule has 0 bridgehead atoms. The van der Waals surface area contributed by atoms with Gasteiger partial charge in [0.2, 0.25) is 0 Å². The number of furan rings is 1. The van der Waals surface area contributed by atoms with E-state index in [0.717, 1.165) is 11.3 Å². The second-order valence-corrected chi connectivity index (χ2v) is 4.94. The van der Waals surface area contributed by atoms with Crippen molar-refractivity contribution in [3.63, 3.8) is 0 Å². The van der Waals surface area contributed by atoms with Crippen LogP contribution < -0.4 is 15.4 Å². The first-order valence-corrected chi connectivity index (χ1v) is 7.08. The summed E-state index contributed by atoms with van der Waals surface area (Å²) in [5.74, 6) is 0.530. The highest BCUT2D eigenvalue weighted by molar-refractivity contribution is 5.91. The first-order valence-electron chi connectivity index (χ1n) is 7.08. The van der Waals surface area contributed by atoms with Crippen LogP contribution >= 0.6 is 0 Å². The number of hydrogen-bond donors (Lipinski definition) is 2. The smallest absolute Gasteiger partial charge is 0.287 e. The van der Waals surface area contributed by atoms with Crippen LogP contribution in [0.15, 0.2) is 47.1 Å². The van der Waals surface area contributed by atoms with Crippen LogP contribution in [0.5, 0.6) is 5.75 Å². The molecule has 1 aliphatic rings. The van der Waals surface area contributed by atoms with Crippen molar-refractivity contribution < 1.29 is 18.7 Å². The molecule has 1 aromatic carbocycles. The van der Waals surface area contributed by atoms with Crippen LogP contribution in [0.1, 0.15) is 16.1 Å². The second kappa shape index (κ2) is 6.34. The Kier molecular flexibility index (Phi) is 4.09. The monoisotopic (exact) mass is 300 g/mol. The van der Waals surface area contributed by atoms with Crippen LogP contribution in [0.4, 0.5) is 0 Å². The molecule has 6 nitrogen and oxygen atoms in total. The average Bonchev–Trinajstić information content (AvgIpc) is 3.19. The Morgan fingerprint density at radius 1 is 1.09 bits per heavy atom. The lowest BCUT2D eigenvalue weighted by molar-refractivity contribution is -0.127. The summed E-state index contributed by atoms with van der Waals surface area (Å²) in [7, 11) is 0. The summed E-state index contributed by atoms with van der Waals surface area (Å²) in [4.78, 5) is 23.6. The van der Waals surface area contributed by atoms with E-state index in [1.807, 2.05) is 24.3 Å². The largest absolute Gasteiger partial charge is 0.480 e. The number of fused-ring (bicyclic) bond motifs is 1. The number of carbonyl (C=O) groups excluding carboxylic acids is 2. The van der Waals surface area contributed by atoms with E-state index in [2.05, 4.69) is 10.6 Å². The number of nitrogens with one attached hydrogen (secondary N) is 2. The molecule has 1 aliphatic heterocycles. The van der Waals surface area contributed by atoms with Crippen molar-refractivity contribution in [2.75, 3.05) is 13.1 Å². The van der Waals surface area contributed by atoms with Crippen LogP contribution in [0, 0.1) is 0 Å². The van der Waals surface area contributed by atoms with Gasteiger partial charge in [0.1, 0.15) is 5.75 Å². The molecule has 1 atom stereocenters. The molecule has 0 fully saturated rings. The zero-order valence-electron chi connectivity index (χ0n) is 11.9. The normalized spacial score (nSPS) is 15.7. The van der Waals surface area contributed by atoms with E-state index in [0.29, 0.717) is 19.5 Å². The topological polar surface area (TPSA) is 80.6 Å². The summed E-state index contributed by atoms with van der Waals surface area (Å²) < 4.78 is 10.6. The fraction of sp³-hybridized carbons (Fsp3) is 0.250. The lowest BCUT2D eigenvalue weighted by Gasteiger charge is -2.11. The highest BCUT2D eigenvalue weighted by Crippen LogP contribution is 2.27. The van der Waals surface area contributed by atoms with Gasteiger partial charge in [0.05, 0.1) is 6.26 Å². The minimum absolute atomic E-state index is 0.177. The Morgan fingerprint density at radius 3 is 2.68 bits per heavy atom. The van der Waals surface area contributed by atoms with E-state index in [1.165, 1.54) is 6.26 Å². The lowest BCUT2D eigenvalue weighted by Crippen LogP contribution is -2.41. The number of rotatable bonds is 5. The van der Waals surface area contributed by atoms with Gasteiger partial charge in [0.25, 0.3) is 11.8 Å². The van der Waals surface area contributed by atoms with Gasteiger partial charge in [-0.25, -0.2) is 0 Å². The molecule has 22 heavy (non-hydrogen) atoms. The molecule has 3 rings (SSSR count). The maximum atomic E-state index is 12.0. The number of para-hydroxylation sites is 1. The van der Waals surface area contributed by atoms with Gasteiger partial charge < -0.3 is 19.8 Å². The molecule has 2 N–H and O–H groups in total. The Morgan fingerprint density at radius 2 is 1.91 bits per heavy atom. The molecule has 0 aliphatic carbocycles. The zero-order valence-corrected chi connectivity index (χ0v) is 11.9. The maximum Gasteiger partial charge on any atom is 0.287 e. The Balaban J connectivity index is 1.40. The van der Waals surface area contributed by atoms with E-state index < -0.39 is 6.10 Å². The van der Waals surface area contributed by atoms with Crippen molar-refractivity contribution in [1.29, 1.82) is 0 Å². The summed E-state index contributed by atoms with van der Waals surface area (Å²) >= 11 is 0. The molecular formula is C16H16N2O4. The molecular weight excluding hydrogens is 284 g/mol. The molecule has 114 valence electrons. The van der Waals surface area contributed by atoms with Gasteiger partial charge in [-0.2, -0.15) is 0 Å². The van der Waals surface area contributed by atoms with Crippen molar-refractivity contribution in [2.24, 2.45) is 0 Å². The van der Waals surface area contributed by atoms with Crippen molar-refractivity contribution in [3.8, 4) is 5.75 Å². The molecule has 2 aromatic rings. The van der Waals surface area contributed by atoms with Gasteiger partial charge in [-0.15, -0.1) is 0 Å². The number of ether oxygens (including phenoxy) is 1. The molecule has 0 radical (unpaired) electrons. The van der Waals surface area contributed by atoms with Crippen molar-refractivity contribution in [2.45, 2.75) is 12.5 Å². The van der Waals surface area contributed by atoms with Gasteiger partial charge in [0.15, 0.2) is 11.9 Å². The van der Waals surface area contributed by atoms with Crippen LogP contribution in [0.2, 0.25) is 0 Å². The number of carbonyl (C=O) groups is 2. The highest BCUT2D eigenvalue weighted by atomic mass is 16.5. The molecule has 0 unspecified atom stereocenters. The fourth-order valence-corrected chi connectivity index (χ4v) is 2.30. The molecule has 0 saturated heterocycles. The van der Waals surface area contributed by atoms with Gasteiger partial charge in [-0.05, 0) is 23.8 Å². The average molecular weight is 300 g/mol. The zero-order chi connectivity index (χ0) is 15.4. The minimum atomic E-state index is -0.502. The predicted molar refractivity (Wildman–Crippen MR) is 78.6 cm³/mol. The molecule has 2 heterocycles. The third-order valence-electron chi connectivity index (χ3n) is 3.39. The van der Waals surface area contributed by atoms with Gasteiger partial charge in [-0.3, -0.25) is 9.59 Å². The first kappa shape index (κ1) is 14.2. The fourth-order valence-electron chi connectivity index (χ4n) is 2.30. The Bertz CT molecular complexity index is 642. The Labute approximate surface area is 127 Å². The third-order valence-corrected chi connectivity index (χ3v) is 3.39. The summed E-state index contributed by atoms with van der Waals surface area (Å²) in [5, 5.41) is 5.41. The molecule has 0 spiro atoms. The van der Waals surface area contributed by atoms with E-state index >= 15 is 0 Å². The van der Waals surface area contributed by atoms with Crippen molar-refractivity contribution in [3.05, 3.63) is 54.0 Å². The number of amides is 2. The third kappa shape index (κ3) is 3.11. The second-order valence-electron chi connectivity index (χ2n) is 4.94. The summed E-state index contributed by atoms with van der Waals surface area (Å²) in [6.45, 7) is 0.659. The van der Waals surface area contributed by atoms with Crippen molar-refractivity contribution >= 4 is 11.8 Å². The van der Waals surface area contributed by atoms with Gasteiger partial charge in [0, 0.05) is 19.5 Å². The van der Waals surface area contributed by atoms with E-state index in [1.54, 1.807) is 12.1 Å². The molecule has 1 aromatic heterocycles. The van der Waals surface area contributed by atoms with Crippen LogP contribution in [0.25, 0.3) is 0 Å². The standard InChI is InChI=1S/C16H16N2O4/c19-15(13-6-3-9-21-13)17-7-8-18-16(20)14-10-11-4-1-2-5-12(11)22-14/h1-6,9,14H,7-8,10H2,(H,17,19)(H,18,20)/t14-/m1/s1. The van der Waals surface area contributed by atoms with Crippen LogP contribution in [0.3, 0.4) is 0 Å². The van der Waals surface area contributed by atoms with Crippen LogP contribution in [-0.2, 0) is 11.2 Å². The molecule has 0 saturated carbocycles. The summed E-state index contributed by atoms with van der Waals surface area (Å²) in [5.41, 5.74) is 1.04.